The highest BCUT2D eigenvalue weighted by molar-refractivity contribution is 7.98. The Morgan fingerprint density at radius 2 is 2.38 bits per heavy atom. The van der Waals surface area contributed by atoms with E-state index in [4.69, 9.17) is 0 Å². The Hall–Kier alpha value is -1.36. The van der Waals surface area contributed by atoms with Gasteiger partial charge in [-0.3, -0.25) is 10.1 Å². The third-order valence-electron chi connectivity index (χ3n) is 1.58. The van der Waals surface area contributed by atoms with Crippen molar-refractivity contribution in [3.8, 4) is 11.4 Å². The van der Waals surface area contributed by atoms with E-state index in [9.17, 15) is 0 Å². The molecule has 4 nitrogen and oxygen atoms in total. The molecule has 0 aliphatic rings. The molecule has 0 fully saturated rings. The minimum Gasteiger partial charge on any atom is -0.264 e. The monoisotopic (exact) mass is 192 g/mol. The number of pyridine rings is 1. The zero-order chi connectivity index (χ0) is 9.10. The molecule has 0 aromatic carbocycles. The van der Waals surface area contributed by atoms with Crippen molar-refractivity contribution in [1.29, 1.82) is 0 Å². The number of nitrogens with one attached hydrogen (secondary N) is 1. The lowest BCUT2D eigenvalue weighted by atomic mass is 10.3. The van der Waals surface area contributed by atoms with Gasteiger partial charge in [0.2, 0.25) is 0 Å². The van der Waals surface area contributed by atoms with Crippen LogP contribution < -0.4 is 0 Å². The first-order valence-corrected chi connectivity index (χ1v) is 4.99. The molecule has 13 heavy (non-hydrogen) atoms. The summed E-state index contributed by atoms with van der Waals surface area (Å²) in [4.78, 5) is 8.25. The summed E-state index contributed by atoms with van der Waals surface area (Å²) in [5.41, 5.74) is 0.930. The maximum atomic E-state index is 4.26. The minimum absolute atomic E-state index is 0.692. The normalized spacial score (nSPS) is 10.2. The lowest BCUT2D eigenvalue weighted by molar-refractivity contribution is 0.976. The van der Waals surface area contributed by atoms with Crippen molar-refractivity contribution < 1.29 is 0 Å². The molecule has 0 saturated heterocycles. The molecule has 2 aromatic rings. The number of aromatic amines is 1. The van der Waals surface area contributed by atoms with E-state index in [2.05, 4.69) is 20.2 Å². The summed E-state index contributed by atoms with van der Waals surface area (Å²) >= 11 is 1.53. The van der Waals surface area contributed by atoms with Crippen LogP contribution in [0.4, 0.5) is 0 Å². The first-order chi connectivity index (χ1) is 6.40. The van der Waals surface area contributed by atoms with Gasteiger partial charge < -0.3 is 0 Å². The maximum absolute atomic E-state index is 4.26. The number of rotatable bonds is 2. The highest BCUT2D eigenvalue weighted by Crippen LogP contribution is 2.15. The van der Waals surface area contributed by atoms with Gasteiger partial charge in [0.05, 0.1) is 0 Å². The van der Waals surface area contributed by atoms with Crippen LogP contribution in [0.25, 0.3) is 11.4 Å². The lowest BCUT2D eigenvalue weighted by Crippen LogP contribution is -1.80. The molecule has 0 amide bonds. The van der Waals surface area contributed by atoms with Gasteiger partial charge in [-0.15, -0.1) is 0 Å². The van der Waals surface area contributed by atoms with Crippen molar-refractivity contribution in [2.75, 3.05) is 6.26 Å². The standard InChI is InChI=1S/C8H8N4S/c1-13-8-10-7(11-12-8)6-3-2-4-9-5-6/h2-5H,1H3,(H,10,11,12). The smallest absolute Gasteiger partial charge is 0.183 e. The van der Waals surface area contributed by atoms with Crippen LogP contribution in [-0.4, -0.2) is 26.4 Å². The molecule has 0 bridgehead atoms. The molecule has 66 valence electrons. The molecule has 2 rings (SSSR count). The van der Waals surface area contributed by atoms with Crippen molar-refractivity contribution in [1.82, 2.24) is 20.2 Å². The van der Waals surface area contributed by atoms with E-state index in [0.29, 0.717) is 5.82 Å². The first-order valence-electron chi connectivity index (χ1n) is 3.77. The van der Waals surface area contributed by atoms with E-state index in [-0.39, 0.29) is 0 Å². The second kappa shape index (κ2) is 3.57. The topological polar surface area (TPSA) is 54.5 Å². The van der Waals surface area contributed by atoms with E-state index >= 15 is 0 Å². The van der Waals surface area contributed by atoms with Crippen LogP contribution in [-0.2, 0) is 0 Å². The van der Waals surface area contributed by atoms with Crippen LogP contribution in [0.2, 0.25) is 0 Å². The number of nitrogens with zero attached hydrogens (tertiary/aromatic N) is 3. The van der Waals surface area contributed by atoms with Gasteiger partial charge in [-0.1, -0.05) is 11.8 Å². The van der Waals surface area contributed by atoms with Gasteiger partial charge in [0.25, 0.3) is 0 Å². The van der Waals surface area contributed by atoms with Gasteiger partial charge in [0.1, 0.15) is 0 Å². The number of thioether (sulfide) groups is 1. The van der Waals surface area contributed by atoms with Crippen LogP contribution in [0.3, 0.4) is 0 Å². The van der Waals surface area contributed by atoms with Gasteiger partial charge in [-0.2, -0.15) is 5.10 Å². The molecule has 0 unspecified atom stereocenters. The molecule has 0 saturated carbocycles. The second-order valence-corrected chi connectivity index (χ2v) is 3.20. The fourth-order valence-electron chi connectivity index (χ4n) is 0.962. The Bertz CT molecular complexity index is 384. The van der Waals surface area contributed by atoms with Crippen molar-refractivity contribution in [3.63, 3.8) is 0 Å². The summed E-state index contributed by atoms with van der Waals surface area (Å²) in [6.07, 6.45) is 5.42. The van der Waals surface area contributed by atoms with Crippen LogP contribution in [0.15, 0.2) is 29.7 Å². The molecule has 0 spiro atoms. The van der Waals surface area contributed by atoms with Crippen molar-refractivity contribution >= 4 is 11.8 Å². The Labute approximate surface area is 79.8 Å². The zero-order valence-electron chi connectivity index (χ0n) is 7.06. The zero-order valence-corrected chi connectivity index (χ0v) is 7.88. The summed E-state index contributed by atoms with van der Waals surface area (Å²) in [5.74, 6) is 0.692. The largest absolute Gasteiger partial charge is 0.264 e. The quantitative estimate of drug-likeness (QED) is 0.734. The molecule has 0 atom stereocenters. The Kier molecular flexibility index (Phi) is 2.27. The molecule has 5 heteroatoms. The number of hydrogen-bond acceptors (Lipinski definition) is 4. The molecule has 2 heterocycles. The van der Waals surface area contributed by atoms with Gasteiger partial charge in [-0.25, -0.2) is 4.98 Å². The van der Waals surface area contributed by atoms with Crippen molar-refractivity contribution in [2.45, 2.75) is 5.16 Å². The summed E-state index contributed by atoms with van der Waals surface area (Å²) in [6, 6.07) is 3.80. The Balaban J connectivity index is 2.36. The van der Waals surface area contributed by atoms with Gasteiger partial charge >= 0.3 is 0 Å². The predicted octanol–water partition coefficient (Wildman–Crippen LogP) is 1.59. The third-order valence-corrected chi connectivity index (χ3v) is 2.15. The van der Waals surface area contributed by atoms with E-state index < -0.39 is 0 Å². The molecule has 2 aromatic heterocycles. The predicted molar refractivity (Wildman–Crippen MR) is 51.4 cm³/mol. The molecule has 1 N–H and O–H groups in total. The summed E-state index contributed by atoms with van der Waals surface area (Å²) < 4.78 is 0. The molecular formula is C8H8N4S. The number of aromatic nitrogens is 4. The summed E-state index contributed by atoms with van der Waals surface area (Å²) in [6.45, 7) is 0. The fourth-order valence-corrected chi connectivity index (χ4v) is 1.28. The van der Waals surface area contributed by atoms with Crippen LogP contribution in [0, 0.1) is 0 Å². The van der Waals surface area contributed by atoms with E-state index in [1.54, 1.807) is 12.4 Å². The van der Waals surface area contributed by atoms with Gasteiger partial charge in [0.15, 0.2) is 11.0 Å². The highest BCUT2D eigenvalue weighted by atomic mass is 32.2. The summed E-state index contributed by atoms with van der Waals surface area (Å²) in [7, 11) is 0. The number of H-pyrrole nitrogens is 1. The van der Waals surface area contributed by atoms with Crippen molar-refractivity contribution in [3.05, 3.63) is 24.5 Å². The number of hydrogen-bond donors (Lipinski definition) is 1. The maximum Gasteiger partial charge on any atom is 0.183 e. The van der Waals surface area contributed by atoms with Crippen LogP contribution in [0.5, 0.6) is 0 Å². The van der Waals surface area contributed by atoms with Crippen LogP contribution in [0.1, 0.15) is 0 Å². The first kappa shape index (κ1) is 8.25. The second-order valence-electron chi connectivity index (χ2n) is 2.41. The summed E-state index contributed by atoms with van der Waals surface area (Å²) in [5, 5.41) is 7.71. The Morgan fingerprint density at radius 1 is 1.46 bits per heavy atom. The van der Waals surface area contributed by atoms with Crippen molar-refractivity contribution in [2.24, 2.45) is 0 Å². The molecular weight excluding hydrogens is 184 g/mol. The molecule has 0 aliphatic carbocycles. The van der Waals surface area contributed by atoms with Gasteiger partial charge in [0, 0.05) is 18.0 Å². The third kappa shape index (κ3) is 1.70. The average molecular weight is 192 g/mol. The van der Waals surface area contributed by atoms with E-state index in [0.717, 1.165) is 10.7 Å². The highest BCUT2D eigenvalue weighted by Gasteiger charge is 2.03. The SMILES string of the molecule is CSc1nc(-c2cccnc2)n[nH]1. The van der Waals surface area contributed by atoms with Crippen LogP contribution >= 0.6 is 11.8 Å². The molecule has 0 radical (unpaired) electrons. The van der Waals surface area contributed by atoms with E-state index in [1.807, 2.05) is 18.4 Å². The van der Waals surface area contributed by atoms with Gasteiger partial charge in [-0.05, 0) is 18.4 Å². The minimum atomic E-state index is 0.692. The van der Waals surface area contributed by atoms with E-state index in [1.165, 1.54) is 11.8 Å². The lowest BCUT2D eigenvalue weighted by Gasteiger charge is -1.90. The average Bonchev–Trinajstić information content (AvgIpc) is 2.67. The molecule has 0 aliphatic heterocycles. The Morgan fingerprint density at radius 3 is 3.00 bits per heavy atom. The fraction of sp³-hybridized carbons (Fsp3) is 0.125.